The van der Waals surface area contributed by atoms with Gasteiger partial charge in [-0.1, -0.05) is 18.7 Å². The predicted octanol–water partition coefficient (Wildman–Crippen LogP) is 1.26. The Bertz CT molecular complexity index is 366. The largest absolute Gasteiger partial charge is 0.341 e. The first-order chi connectivity index (χ1) is 8.33. The first kappa shape index (κ1) is 12.4. The molecular weight excluding hydrogens is 236 g/mol. The lowest BCUT2D eigenvalue weighted by molar-refractivity contribution is 0.565. The molecule has 1 aromatic heterocycles. The summed E-state index contributed by atoms with van der Waals surface area (Å²) in [5.74, 6) is 7.50. The molecule has 0 radical (unpaired) electrons. The molecule has 1 saturated heterocycles. The number of nitrogen functional groups attached to an aromatic ring is 1. The minimum atomic E-state index is 0.441. The Morgan fingerprint density at radius 2 is 2.00 bits per heavy atom. The first-order valence-corrected chi connectivity index (χ1v) is 6.92. The van der Waals surface area contributed by atoms with Crippen LogP contribution >= 0.6 is 11.8 Å². The number of nitrogens with zero attached hydrogens (tertiary/aromatic N) is 4. The van der Waals surface area contributed by atoms with Gasteiger partial charge in [-0.25, -0.2) is 5.84 Å². The Hall–Kier alpha value is -1.08. The maximum atomic E-state index is 5.38. The summed E-state index contributed by atoms with van der Waals surface area (Å²) in [4.78, 5) is 15.2. The second-order valence-corrected chi connectivity index (χ2v) is 5.10. The predicted molar refractivity (Wildman–Crippen MR) is 70.1 cm³/mol. The van der Waals surface area contributed by atoms with Gasteiger partial charge in [-0.05, 0) is 25.0 Å². The fourth-order valence-electron chi connectivity index (χ4n) is 1.84. The van der Waals surface area contributed by atoms with E-state index in [0.717, 1.165) is 29.9 Å². The molecule has 0 aromatic carbocycles. The number of nitrogens with one attached hydrogen (secondary N) is 1. The maximum Gasteiger partial charge on any atom is 0.242 e. The molecule has 1 aromatic rings. The van der Waals surface area contributed by atoms with Crippen molar-refractivity contribution in [3.63, 3.8) is 0 Å². The fraction of sp³-hybridized carbons (Fsp3) is 0.700. The molecule has 6 nitrogen and oxygen atoms in total. The van der Waals surface area contributed by atoms with Crippen LogP contribution in [0.4, 0.5) is 11.9 Å². The van der Waals surface area contributed by atoms with Gasteiger partial charge >= 0.3 is 0 Å². The molecule has 0 unspecified atom stereocenters. The molecule has 94 valence electrons. The van der Waals surface area contributed by atoms with Gasteiger partial charge in [-0.15, -0.1) is 0 Å². The smallest absolute Gasteiger partial charge is 0.242 e. The number of anilines is 2. The zero-order chi connectivity index (χ0) is 12.1. The highest BCUT2D eigenvalue weighted by atomic mass is 32.2. The second kappa shape index (κ2) is 6.02. The van der Waals surface area contributed by atoms with Crippen LogP contribution in [-0.4, -0.2) is 33.8 Å². The Balaban J connectivity index is 2.21. The zero-order valence-electron chi connectivity index (χ0n) is 10.0. The van der Waals surface area contributed by atoms with E-state index in [9.17, 15) is 0 Å². The van der Waals surface area contributed by atoms with Gasteiger partial charge in [0.2, 0.25) is 11.9 Å². The Morgan fingerprint density at radius 1 is 1.24 bits per heavy atom. The SMILES string of the molecule is CCSc1nc(NN)nc(N2CCCCC2)n1. The zero-order valence-corrected chi connectivity index (χ0v) is 10.8. The molecule has 3 N–H and O–H groups in total. The van der Waals surface area contributed by atoms with Gasteiger partial charge in [-0.3, -0.25) is 5.43 Å². The highest BCUT2D eigenvalue weighted by Crippen LogP contribution is 2.20. The van der Waals surface area contributed by atoms with Crippen LogP contribution in [0.2, 0.25) is 0 Å². The third-order valence-corrected chi connectivity index (χ3v) is 3.37. The van der Waals surface area contributed by atoms with Crippen molar-refractivity contribution in [3.8, 4) is 0 Å². The summed E-state index contributed by atoms with van der Waals surface area (Å²) in [6.07, 6.45) is 3.70. The number of rotatable bonds is 4. The van der Waals surface area contributed by atoms with Gasteiger partial charge in [0.25, 0.3) is 0 Å². The van der Waals surface area contributed by atoms with Crippen molar-refractivity contribution < 1.29 is 0 Å². The maximum absolute atomic E-state index is 5.38. The van der Waals surface area contributed by atoms with Crippen LogP contribution in [-0.2, 0) is 0 Å². The summed E-state index contributed by atoms with van der Waals surface area (Å²) >= 11 is 1.60. The summed E-state index contributed by atoms with van der Waals surface area (Å²) in [5.41, 5.74) is 2.50. The first-order valence-electron chi connectivity index (χ1n) is 5.94. The van der Waals surface area contributed by atoms with E-state index in [0.29, 0.717) is 5.95 Å². The molecule has 17 heavy (non-hydrogen) atoms. The average Bonchev–Trinajstić information content (AvgIpc) is 2.40. The van der Waals surface area contributed by atoms with E-state index < -0.39 is 0 Å². The standard InChI is InChI=1S/C10H18N6S/c1-2-17-10-13-8(15-11)12-9(14-10)16-6-4-3-5-7-16/h2-7,11H2,1H3,(H,12,13,14,15). The molecule has 7 heteroatoms. The Kier molecular flexibility index (Phi) is 4.38. The lowest BCUT2D eigenvalue weighted by Crippen LogP contribution is -2.31. The molecule has 2 rings (SSSR count). The number of aromatic nitrogens is 3. The monoisotopic (exact) mass is 254 g/mol. The van der Waals surface area contributed by atoms with Crippen molar-refractivity contribution in [2.24, 2.45) is 5.84 Å². The third kappa shape index (κ3) is 3.19. The highest BCUT2D eigenvalue weighted by molar-refractivity contribution is 7.99. The Morgan fingerprint density at radius 3 is 2.65 bits per heavy atom. The van der Waals surface area contributed by atoms with Gasteiger partial charge < -0.3 is 4.90 Å². The van der Waals surface area contributed by atoms with E-state index >= 15 is 0 Å². The van der Waals surface area contributed by atoms with Crippen molar-refractivity contribution >= 4 is 23.7 Å². The average molecular weight is 254 g/mol. The van der Waals surface area contributed by atoms with Crippen molar-refractivity contribution in [2.45, 2.75) is 31.3 Å². The molecule has 0 amide bonds. The van der Waals surface area contributed by atoms with Crippen LogP contribution in [0.5, 0.6) is 0 Å². The molecule has 2 heterocycles. The lowest BCUT2D eigenvalue weighted by atomic mass is 10.1. The molecule has 1 aliphatic heterocycles. The van der Waals surface area contributed by atoms with Crippen LogP contribution in [0.25, 0.3) is 0 Å². The van der Waals surface area contributed by atoms with Crippen molar-refractivity contribution in [2.75, 3.05) is 29.2 Å². The summed E-state index contributed by atoms with van der Waals surface area (Å²) in [6, 6.07) is 0. The van der Waals surface area contributed by atoms with E-state index in [1.165, 1.54) is 19.3 Å². The summed E-state index contributed by atoms with van der Waals surface area (Å²) in [5, 5.41) is 0.732. The molecule has 0 spiro atoms. The lowest BCUT2D eigenvalue weighted by Gasteiger charge is -2.26. The quantitative estimate of drug-likeness (QED) is 0.475. The van der Waals surface area contributed by atoms with Crippen molar-refractivity contribution in [1.82, 2.24) is 15.0 Å². The van der Waals surface area contributed by atoms with Gasteiger partial charge in [0, 0.05) is 13.1 Å². The van der Waals surface area contributed by atoms with Gasteiger partial charge in [0.1, 0.15) is 0 Å². The number of hydrogen-bond acceptors (Lipinski definition) is 7. The minimum Gasteiger partial charge on any atom is -0.341 e. The molecule has 0 atom stereocenters. The van der Waals surface area contributed by atoms with Crippen LogP contribution in [0.15, 0.2) is 5.16 Å². The van der Waals surface area contributed by atoms with E-state index in [2.05, 4.69) is 32.2 Å². The summed E-state index contributed by atoms with van der Waals surface area (Å²) in [6.45, 7) is 4.11. The molecule has 0 aliphatic carbocycles. The summed E-state index contributed by atoms with van der Waals surface area (Å²) < 4.78 is 0. The van der Waals surface area contributed by atoms with E-state index in [4.69, 9.17) is 5.84 Å². The van der Waals surface area contributed by atoms with E-state index in [1.54, 1.807) is 11.8 Å². The van der Waals surface area contributed by atoms with Gasteiger partial charge in [0.05, 0.1) is 0 Å². The van der Waals surface area contributed by atoms with E-state index in [-0.39, 0.29) is 0 Å². The highest BCUT2D eigenvalue weighted by Gasteiger charge is 2.15. The van der Waals surface area contributed by atoms with E-state index in [1.807, 2.05) is 0 Å². The molecule has 0 saturated carbocycles. The Labute approximate surface area is 105 Å². The molecule has 0 bridgehead atoms. The normalized spacial score (nSPS) is 16.0. The third-order valence-electron chi connectivity index (χ3n) is 2.64. The summed E-state index contributed by atoms with van der Waals surface area (Å²) in [7, 11) is 0. The topological polar surface area (TPSA) is 80.0 Å². The van der Waals surface area contributed by atoms with Crippen LogP contribution < -0.4 is 16.2 Å². The molecule has 1 fully saturated rings. The van der Waals surface area contributed by atoms with Crippen LogP contribution in [0.1, 0.15) is 26.2 Å². The molecular formula is C10H18N6S. The number of hydrazine groups is 1. The van der Waals surface area contributed by atoms with Crippen LogP contribution in [0, 0.1) is 0 Å². The minimum absolute atomic E-state index is 0.441. The van der Waals surface area contributed by atoms with Crippen molar-refractivity contribution in [1.29, 1.82) is 0 Å². The molecule has 1 aliphatic rings. The number of hydrogen-bond donors (Lipinski definition) is 2. The van der Waals surface area contributed by atoms with Crippen molar-refractivity contribution in [3.05, 3.63) is 0 Å². The van der Waals surface area contributed by atoms with Gasteiger partial charge in [-0.2, -0.15) is 15.0 Å². The van der Waals surface area contributed by atoms with Crippen LogP contribution in [0.3, 0.4) is 0 Å². The fourth-order valence-corrected chi connectivity index (χ4v) is 2.39. The number of nitrogens with two attached hydrogens (primary N) is 1. The van der Waals surface area contributed by atoms with Gasteiger partial charge in [0.15, 0.2) is 5.16 Å². The number of piperidine rings is 1. The number of thioether (sulfide) groups is 1. The second-order valence-electron chi connectivity index (χ2n) is 3.87.